The van der Waals surface area contributed by atoms with Crippen molar-refractivity contribution in [3.63, 3.8) is 0 Å². The topological polar surface area (TPSA) is 61.8 Å². The second-order valence-electron chi connectivity index (χ2n) is 5.31. The molecule has 0 atom stereocenters. The summed E-state index contributed by atoms with van der Waals surface area (Å²) in [5.41, 5.74) is 2.46. The minimum atomic E-state index is -0.435. The van der Waals surface area contributed by atoms with E-state index in [4.69, 9.17) is 9.47 Å². The molecule has 0 spiro atoms. The molecule has 0 fully saturated rings. The van der Waals surface area contributed by atoms with Gasteiger partial charge in [-0.25, -0.2) is 4.79 Å². The first-order chi connectivity index (χ1) is 11.5. The fourth-order valence-electron chi connectivity index (χ4n) is 2.22. The van der Waals surface area contributed by atoms with E-state index in [2.05, 4.69) is 4.74 Å². The van der Waals surface area contributed by atoms with Crippen LogP contribution in [0.3, 0.4) is 0 Å². The second-order valence-corrected chi connectivity index (χ2v) is 5.31. The standard InChI is InChI=1S/C19H20O5/c1-13-5-4-6-14(2)18(13)23-12-11-17(20)24-16-9-7-15(8-10-16)19(21)22-3/h4-10H,11-12H2,1-3H3. The number of benzene rings is 2. The highest BCUT2D eigenvalue weighted by Gasteiger charge is 2.09. The van der Waals surface area contributed by atoms with Gasteiger partial charge in [-0.05, 0) is 49.2 Å². The number of para-hydroxylation sites is 1. The van der Waals surface area contributed by atoms with Crippen molar-refractivity contribution in [3.05, 3.63) is 59.2 Å². The van der Waals surface area contributed by atoms with Crippen LogP contribution in [0, 0.1) is 13.8 Å². The molecule has 0 aliphatic rings. The Hall–Kier alpha value is -2.82. The molecule has 2 aromatic rings. The van der Waals surface area contributed by atoms with Crippen LogP contribution < -0.4 is 9.47 Å². The Labute approximate surface area is 141 Å². The molecule has 24 heavy (non-hydrogen) atoms. The zero-order valence-corrected chi connectivity index (χ0v) is 14.0. The molecule has 0 heterocycles. The molecule has 0 aliphatic heterocycles. The summed E-state index contributed by atoms with van der Waals surface area (Å²) in [6.07, 6.45) is 0.131. The maximum absolute atomic E-state index is 11.9. The largest absolute Gasteiger partial charge is 0.492 e. The molecule has 0 saturated carbocycles. The third-order valence-electron chi connectivity index (χ3n) is 3.47. The van der Waals surface area contributed by atoms with Crippen molar-refractivity contribution >= 4 is 11.9 Å². The molecule has 0 radical (unpaired) electrons. The summed E-state index contributed by atoms with van der Waals surface area (Å²) in [6, 6.07) is 12.1. The number of aryl methyl sites for hydroxylation is 2. The lowest BCUT2D eigenvalue weighted by molar-refractivity contribution is -0.134. The van der Waals surface area contributed by atoms with Crippen molar-refractivity contribution in [2.24, 2.45) is 0 Å². The molecule has 0 unspecified atom stereocenters. The molecule has 126 valence electrons. The number of carbonyl (C=O) groups is 2. The average molecular weight is 328 g/mol. The van der Waals surface area contributed by atoms with Crippen molar-refractivity contribution in [2.75, 3.05) is 13.7 Å². The highest BCUT2D eigenvalue weighted by atomic mass is 16.5. The van der Waals surface area contributed by atoms with Crippen LogP contribution in [0.2, 0.25) is 0 Å². The Morgan fingerprint density at radius 1 is 0.958 bits per heavy atom. The van der Waals surface area contributed by atoms with Crippen LogP contribution in [-0.2, 0) is 9.53 Å². The lowest BCUT2D eigenvalue weighted by atomic mass is 10.1. The van der Waals surface area contributed by atoms with Gasteiger partial charge in [-0.3, -0.25) is 4.79 Å². The summed E-state index contributed by atoms with van der Waals surface area (Å²) >= 11 is 0. The van der Waals surface area contributed by atoms with E-state index in [1.807, 2.05) is 32.0 Å². The van der Waals surface area contributed by atoms with Crippen LogP contribution in [-0.4, -0.2) is 25.7 Å². The number of hydrogen-bond acceptors (Lipinski definition) is 5. The molecule has 0 aliphatic carbocycles. The number of esters is 2. The van der Waals surface area contributed by atoms with Crippen LogP contribution in [0.15, 0.2) is 42.5 Å². The zero-order valence-electron chi connectivity index (χ0n) is 14.0. The SMILES string of the molecule is COC(=O)c1ccc(OC(=O)CCOc2c(C)cccc2C)cc1. The predicted molar refractivity (Wildman–Crippen MR) is 89.4 cm³/mol. The fourth-order valence-corrected chi connectivity index (χ4v) is 2.22. The molecule has 0 saturated heterocycles. The van der Waals surface area contributed by atoms with E-state index < -0.39 is 11.9 Å². The van der Waals surface area contributed by atoms with Gasteiger partial charge in [0.05, 0.1) is 25.7 Å². The third-order valence-corrected chi connectivity index (χ3v) is 3.47. The number of carbonyl (C=O) groups excluding carboxylic acids is 2. The van der Waals surface area contributed by atoms with Crippen molar-refractivity contribution in [1.29, 1.82) is 0 Å². The Morgan fingerprint density at radius 3 is 2.17 bits per heavy atom. The molecule has 2 rings (SSSR count). The summed E-state index contributed by atoms with van der Waals surface area (Å²) in [6.45, 7) is 4.16. The first-order valence-corrected chi connectivity index (χ1v) is 7.59. The van der Waals surface area contributed by atoms with Gasteiger partial charge in [0.15, 0.2) is 0 Å². The van der Waals surface area contributed by atoms with E-state index in [0.29, 0.717) is 11.3 Å². The van der Waals surface area contributed by atoms with E-state index in [1.54, 1.807) is 24.3 Å². The summed E-state index contributed by atoms with van der Waals surface area (Å²) < 4.78 is 15.5. The van der Waals surface area contributed by atoms with E-state index in [-0.39, 0.29) is 13.0 Å². The Morgan fingerprint density at radius 2 is 1.58 bits per heavy atom. The molecule has 0 bridgehead atoms. The van der Waals surface area contributed by atoms with Crippen LogP contribution >= 0.6 is 0 Å². The van der Waals surface area contributed by atoms with Gasteiger partial charge in [0.1, 0.15) is 11.5 Å². The van der Waals surface area contributed by atoms with Crippen LogP contribution in [0.5, 0.6) is 11.5 Å². The Bertz CT molecular complexity index is 699. The van der Waals surface area contributed by atoms with Gasteiger partial charge >= 0.3 is 11.9 Å². The molecule has 5 heteroatoms. The van der Waals surface area contributed by atoms with Crippen LogP contribution in [0.25, 0.3) is 0 Å². The Kier molecular flexibility index (Phi) is 5.95. The molecule has 0 amide bonds. The Balaban J connectivity index is 1.84. The van der Waals surface area contributed by atoms with Gasteiger partial charge in [0, 0.05) is 0 Å². The van der Waals surface area contributed by atoms with E-state index in [1.165, 1.54) is 7.11 Å². The van der Waals surface area contributed by atoms with Gasteiger partial charge in [-0.15, -0.1) is 0 Å². The van der Waals surface area contributed by atoms with Crippen molar-refractivity contribution in [1.82, 2.24) is 0 Å². The summed E-state index contributed by atoms with van der Waals surface area (Å²) in [7, 11) is 1.31. The molecular formula is C19H20O5. The normalized spacial score (nSPS) is 10.1. The van der Waals surface area contributed by atoms with E-state index in [9.17, 15) is 9.59 Å². The monoisotopic (exact) mass is 328 g/mol. The first-order valence-electron chi connectivity index (χ1n) is 7.59. The highest BCUT2D eigenvalue weighted by molar-refractivity contribution is 5.89. The van der Waals surface area contributed by atoms with Gasteiger partial charge in [-0.2, -0.15) is 0 Å². The quantitative estimate of drug-likeness (QED) is 0.600. The first kappa shape index (κ1) is 17.5. The number of ether oxygens (including phenoxy) is 3. The minimum Gasteiger partial charge on any atom is -0.492 e. The van der Waals surface area contributed by atoms with E-state index >= 15 is 0 Å². The van der Waals surface area contributed by atoms with Gasteiger partial charge in [-0.1, -0.05) is 18.2 Å². The maximum atomic E-state index is 11.9. The minimum absolute atomic E-state index is 0.131. The van der Waals surface area contributed by atoms with Crippen molar-refractivity contribution in [2.45, 2.75) is 20.3 Å². The van der Waals surface area contributed by atoms with Gasteiger partial charge < -0.3 is 14.2 Å². The molecule has 2 aromatic carbocycles. The van der Waals surface area contributed by atoms with Crippen LogP contribution in [0.4, 0.5) is 0 Å². The molecule has 0 N–H and O–H groups in total. The van der Waals surface area contributed by atoms with Crippen molar-refractivity contribution < 1.29 is 23.8 Å². The average Bonchev–Trinajstić information content (AvgIpc) is 2.57. The molecule has 5 nitrogen and oxygen atoms in total. The lowest BCUT2D eigenvalue weighted by Gasteiger charge is -2.11. The fraction of sp³-hybridized carbons (Fsp3) is 0.263. The van der Waals surface area contributed by atoms with Gasteiger partial charge in [0.2, 0.25) is 0 Å². The zero-order chi connectivity index (χ0) is 17.5. The summed E-state index contributed by atoms with van der Waals surface area (Å²) in [5.74, 6) is 0.342. The number of hydrogen-bond donors (Lipinski definition) is 0. The van der Waals surface area contributed by atoms with Crippen LogP contribution in [0.1, 0.15) is 27.9 Å². The lowest BCUT2D eigenvalue weighted by Crippen LogP contribution is -2.13. The van der Waals surface area contributed by atoms with Gasteiger partial charge in [0.25, 0.3) is 0 Å². The molecule has 0 aromatic heterocycles. The number of methoxy groups -OCH3 is 1. The second kappa shape index (κ2) is 8.15. The summed E-state index contributed by atoms with van der Waals surface area (Å²) in [5, 5.41) is 0. The number of rotatable bonds is 6. The molecular weight excluding hydrogens is 308 g/mol. The van der Waals surface area contributed by atoms with Crippen molar-refractivity contribution in [3.8, 4) is 11.5 Å². The highest BCUT2D eigenvalue weighted by Crippen LogP contribution is 2.22. The maximum Gasteiger partial charge on any atom is 0.337 e. The third kappa shape index (κ3) is 4.59. The summed E-state index contributed by atoms with van der Waals surface area (Å²) in [4.78, 5) is 23.2. The van der Waals surface area contributed by atoms with E-state index in [0.717, 1.165) is 16.9 Å². The predicted octanol–water partition coefficient (Wildman–Crippen LogP) is 3.46. The smallest absolute Gasteiger partial charge is 0.337 e.